The van der Waals surface area contributed by atoms with Gasteiger partial charge in [0.05, 0.1) is 37.3 Å². The minimum Gasteiger partial charge on any atom is -0.378 e. The summed E-state index contributed by atoms with van der Waals surface area (Å²) < 4.78 is 20.5. The van der Waals surface area contributed by atoms with Crippen LogP contribution in [0.2, 0.25) is 0 Å². The third-order valence-corrected chi connectivity index (χ3v) is 7.64. The fraction of sp³-hybridized carbons (Fsp3) is 0.667. The van der Waals surface area contributed by atoms with Gasteiger partial charge in [0.1, 0.15) is 5.82 Å². The molecule has 5 atom stereocenters. The van der Waals surface area contributed by atoms with Gasteiger partial charge >= 0.3 is 0 Å². The molecule has 0 spiro atoms. The Morgan fingerprint density at radius 2 is 2.23 bits per heavy atom. The van der Waals surface area contributed by atoms with Crippen LogP contribution < -0.4 is 10.2 Å². The van der Waals surface area contributed by atoms with E-state index >= 15 is 0 Å². The molecule has 5 rings (SSSR count). The lowest BCUT2D eigenvalue weighted by Crippen LogP contribution is -2.58. The van der Waals surface area contributed by atoms with E-state index < -0.39 is 5.92 Å². The molecular formula is C24H31FN4O2. The maximum absolute atomic E-state index is 14.9. The minimum atomic E-state index is -0.489. The van der Waals surface area contributed by atoms with E-state index in [0.717, 1.165) is 64.3 Å². The highest BCUT2D eigenvalue weighted by molar-refractivity contribution is 5.85. The average molecular weight is 427 g/mol. The molecule has 7 heteroatoms. The number of rotatable bonds is 6. The van der Waals surface area contributed by atoms with Gasteiger partial charge in [-0.05, 0) is 49.3 Å². The van der Waals surface area contributed by atoms with Crippen molar-refractivity contribution in [1.82, 2.24) is 10.2 Å². The number of hydrogen-bond donors (Lipinski definition) is 1. The fourth-order valence-corrected chi connectivity index (χ4v) is 5.89. The van der Waals surface area contributed by atoms with E-state index in [0.29, 0.717) is 23.6 Å². The summed E-state index contributed by atoms with van der Waals surface area (Å²) in [5.41, 5.74) is 1.39. The van der Waals surface area contributed by atoms with Crippen molar-refractivity contribution in [2.75, 3.05) is 44.3 Å². The van der Waals surface area contributed by atoms with Crippen LogP contribution in [0.1, 0.15) is 31.2 Å². The van der Waals surface area contributed by atoms with Crippen LogP contribution in [-0.4, -0.2) is 68.2 Å². The largest absolute Gasteiger partial charge is 0.378 e. The van der Waals surface area contributed by atoms with E-state index in [4.69, 9.17) is 4.74 Å². The SMILES string of the molecule is N#C[C@@H](CC(=O)[C@H]1N[C@@H]2CC[C@H]1C2)Cc1ccc(N2CCN3CCOC[C@H]3C2)cc1F. The standard InChI is InChI=1S/C24H31FN4O2/c25-22-12-20(29-6-5-28-7-8-31-15-21(28)14-29)4-2-17(22)9-16(13-26)10-23(30)24-18-1-3-19(11-18)27-24/h2,4,12,16,18-19,21,24,27H,1,3,5-11,14-15H2/t16-,18+,19-,21-,24+/m1/s1. The lowest BCUT2D eigenvalue weighted by Gasteiger charge is -2.44. The molecule has 4 fully saturated rings. The molecule has 1 aromatic carbocycles. The molecule has 0 unspecified atom stereocenters. The second-order valence-electron chi connectivity index (χ2n) is 9.60. The van der Waals surface area contributed by atoms with E-state index in [9.17, 15) is 14.4 Å². The van der Waals surface area contributed by atoms with Crippen LogP contribution in [0.4, 0.5) is 10.1 Å². The number of piperidine rings is 1. The van der Waals surface area contributed by atoms with Gasteiger partial charge in [0.2, 0.25) is 0 Å². The van der Waals surface area contributed by atoms with Crippen molar-refractivity contribution in [3.63, 3.8) is 0 Å². The third-order valence-electron chi connectivity index (χ3n) is 7.64. The van der Waals surface area contributed by atoms with Crippen LogP contribution >= 0.6 is 0 Å². The number of nitriles is 1. The summed E-state index contributed by atoms with van der Waals surface area (Å²) in [6, 6.07) is 8.28. The summed E-state index contributed by atoms with van der Waals surface area (Å²) in [6.45, 7) is 5.17. The molecule has 0 aromatic heterocycles. The highest BCUT2D eigenvalue weighted by Crippen LogP contribution is 2.36. The Labute approximate surface area is 183 Å². The quantitative estimate of drug-likeness (QED) is 0.752. The molecule has 1 N–H and O–H groups in total. The number of piperazine rings is 1. The Morgan fingerprint density at radius 1 is 1.32 bits per heavy atom. The number of Topliss-reactive ketones (excluding diaryl/α,β-unsaturated/α-hetero) is 1. The third kappa shape index (κ3) is 4.34. The number of nitrogens with one attached hydrogen (secondary N) is 1. The first-order valence-corrected chi connectivity index (χ1v) is 11.6. The van der Waals surface area contributed by atoms with E-state index in [1.807, 2.05) is 6.07 Å². The summed E-state index contributed by atoms with van der Waals surface area (Å²) in [5, 5.41) is 13.0. The number of nitrogens with zero attached hydrogens (tertiary/aromatic N) is 3. The Hall–Kier alpha value is -2.01. The van der Waals surface area contributed by atoms with Crippen LogP contribution in [0.3, 0.4) is 0 Å². The second kappa shape index (κ2) is 8.85. The highest BCUT2D eigenvalue weighted by atomic mass is 19.1. The smallest absolute Gasteiger partial charge is 0.151 e. The molecule has 4 aliphatic rings. The van der Waals surface area contributed by atoms with Gasteiger partial charge in [-0.2, -0.15) is 5.26 Å². The van der Waals surface area contributed by atoms with Crippen LogP contribution in [-0.2, 0) is 16.0 Å². The first kappa shape index (κ1) is 20.9. The number of ketones is 1. The zero-order chi connectivity index (χ0) is 21.4. The zero-order valence-corrected chi connectivity index (χ0v) is 17.9. The molecule has 3 saturated heterocycles. The average Bonchev–Trinajstić information content (AvgIpc) is 3.43. The summed E-state index contributed by atoms with van der Waals surface area (Å²) in [7, 11) is 0. The van der Waals surface area contributed by atoms with Gasteiger partial charge in [-0.15, -0.1) is 0 Å². The summed E-state index contributed by atoms with van der Waals surface area (Å²) in [4.78, 5) is 17.4. The molecule has 2 bridgehead atoms. The molecule has 1 aromatic rings. The van der Waals surface area contributed by atoms with Gasteiger partial charge in [-0.3, -0.25) is 9.69 Å². The minimum absolute atomic E-state index is 0.107. The van der Waals surface area contributed by atoms with E-state index in [1.165, 1.54) is 0 Å². The maximum atomic E-state index is 14.9. The van der Waals surface area contributed by atoms with E-state index in [1.54, 1.807) is 12.1 Å². The van der Waals surface area contributed by atoms with Crippen molar-refractivity contribution in [3.8, 4) is 6.07 Å². The van der Waals surface area contributed by atoms with Crippen molar-refractivity contribution in [3.05, 3.63) is 29.6 Å². The number of hydrogen-bond acceptors (Lipinski definition) is 6. The van der Waals surface area contributed by atoms with Gasteiger partial charge in [-0.25, -0.2) is 4.39 Å². The molecule has 1 aliphatic carbocycles. The van der Waals surface area contributed by atoms with Gasteiger partial charge in [0, 0.05) is 44.3 Å². The predicted octanol–water partition coefficient (Wildman–Crippen LogP) is 2.13. The Kier molecular flexibility index (Phi) is 5.96. The molecule has 6 nitrogen and oxygen atoms in total. The Morgan fingerprint density at radius 3 is 2.97 bits per heavy atom. The number of carbonyl (C=O) groups is 1. The van der Waals surface area contributed by atoms with Crippen molar-refractivity contribution in [2.24, 2.45) is 11.8 Å². The molecule has 3 heterocycles. The number of benzene rings is 1. The van der Waals surface area contributed by atoms with Gasteiger partial charge in [0.15, 0.2) is 5.78 Å². The molecule has 0 amide bonds. The van der Waals surface area contributed by atoms with Crippen molar-refractivity contribution >= 4 is 11.5 Å². The number of carbonyl (C=O) groups excluding carboxylic acids is 1. The van der Waals surface area contributed by atoms with Crippen LogP contribution in [0.5, 0.6) is 0 Å². The summed E-state index contributed by atoms with van der Waals surface area (Å²) in [5.74, 6) is -0.242. The fourth-order valence-electron chi connectivity index (χ4n) is 5.89. The Bertz CT molecular complexity index is 872. The van der Waals surface area contributed by atoms with E-state index in [-0.39, 0.29) is 30.5 Å². The summed E-state index contributed by atoms with van der Waals surface area (Å²) >= 11 is 0. The number of fused-ring (bicyclic) bond motifs is 3. The topological polar surface area (TPSA) is 68.6 Å². The Balaban J connectivity index is 1.20. The summed E-state index contributed by atoms with van der Waals surface area (Å²) in [6.07, 6.45) is 3.80. The number of ether oxygens (including phenoxy) is 1. The van der Waals surface area contributed by atoms with E-state index in [2.05, 4.69) is 21.2 Å². The molecule has 0 radical (unpaired) electrons. The monoisotopic (exact) mass is 426 g/mol. The highest BCUT2D eigenvalue weighted by Gasteiger charge is 2.42. The molecule has 3 aliphatic heterocycles. The number of anilines is 1. The van der Waals surface area contributed by atoms with Gasteiger partial charge < -0.3 is 15.0 Å². The van der Waals surface area contributed by atoms with Crippen molar-refractivity contribution in [1.29, 1.82) is 5.26 Å². The lowest BCUT2D eigenvalue weighted by atomic mass is 9.88. The molecule has 166 valence electrons. The predicted molar refractivity (Wildman–Crippen MR) is 115 cm³/mol. The zero-order valence-electron chi connectivity index (χ0n) is 17.9. The first-order valence-electron chi connectivity index (χ1n) is 11.6. The van der Waals surface area contributed by atoms with Gasteiger partial charge in [-0.1, -0.05) is 6.07 Å². The maximum Gasteiger partial charge on any atom is 0.151 e. The second-order valence-corrected chi connectivity index (χ2v) is 9.60. The van der Waals surface area contributed by atoms with Crippen molar-refractivity contribution < 1.29 is 13.9 Å². The van der Waals surface area contributed by atoms with Crippen molar-refractivity contribution in [2.45, 2.75) is 50.2 Å². The normalized spacial score (nSPS) is 31.3. The van der Waals surface area contributed by atoms with Crippen LogP contribution in [0, 0.1) is 29.0 Å². The lowest BCUT2D eigenvalue weighted by molar-refractivity contribution is -0.122. The first-order chi connectivity index (χ1) is 15.1. The van der Waals surface area contributed by atoms with Gasteiger partial charge in [0.25, 0.3) is 0 Å². The molecular weight excluding hydrogens is 395 g/mol. The van der Waals surface area contributed by atoms with Crippen LogP contribution in [0.25, 0.3) is 0 Å². The van der Waals surface area contributed by atoms with Crippen LogP contribution in [0.15, 0.2) is 18.2 Å². The molecule has 1 saturated carbocycles. The molecule has 31 heavy (non-hydrogen) atoms. The number of halogens is 1. The number of morpholine rings is 1.